The molecule has 0 fully saturated rings. The van der Waals surface area contributed by atoms with E-state index in [9.17, 15) is 13.2 Å². The molecule has 0 aliphatic carbocycles. The van der Waals surface area contributed by atoms with E-state index in [1.807, 2.05) is 45.0 Å². The maximum atomic E-state index is 12.6. The highest BCUT2D eigenvalue weighted by Crippen LogP contribution is 2.42. The van der Waals surface area contributed by atoms with Gasteiger partial charge in [0.05, 0.1) is 16.4 Å². The van der Waals surface area contributed by atoms with Gasteiger partial charge < -0.3 is 4.74 Å². The Bertz CT molecular complexity index is 1130. The smallest absolute Gasteiger partial charge is 0.238 e. The van der Waals surface area contributed by atoms with Gasteiger partial charge in [0.15, 0.2) is 5.78 Å². The maximum absolute atomic E-state index is 12.6. The highest BCUT2D eigenvalue weighted by atomic mass is 32.2. The van der Waals surface area contributed by atoms with Crippen molar-refractivity contribution in [1.82, 2.24) is 0 Å². The summed E-state index contributed by atoms with van der Waals surface area (Å²) < 4.78 is 28.6. The van der Waals surface area contributed by atoms with Crippen LogP contribution in [0, 0.1) is 6.92 Å². The van der Waals surface area contributed by atoms with Crippen molar-refractivity contribution in [3.8, 4) is 27.3 Å². The Morgan fingerprint density at radius 1 is 1.00 bits per heavy atom. The first-order valence-electron chi connectivity index (χ1n) is 9.29. The van der Waals surface area contributed by atoms with Crippen molar-refractivity contribution in [1.29, 1.82) is 0 Å². The topological polar surface area (TPSA) is 86.5 Å². The zero-order valence-corrected chi connectivity index (χ0v) is 18.2. The van der Waals surface area contributed by atoms with Gasteiger partial charge in [-0.25, -0.2) is 13.6 Å². The molecule has 5 nitrogen and oxygen atoms in total. The third kappa shape index (κ3) is 4.42. The molecular weight excluding hydrogens is 406 g/mol. The van der Waals surface area contributed by atoms with Crippen LogP contribution in [0.1, 0.15) is 35.5 Å². The molecule has 0 amide bonds. The molecule has 0 spiro atoms. The molecular formula is C22H23NO4S2. The van der Waals surface area contributed by atoms with E-state index in [1.54, 1.807) is 12.1 Å². The molecule has 0 aliphatic heterocycles. The quantitative estimate of drug-likeness (QED) is 0.534. The fourth-order valence-electron chi connectivity index (χ4n) is 3.17. The Labute approximate surface area is 175 Å². The summed E-state index contributed by atoms with van der Waals surface area (Å²) in [6.45, 7) is 6.36. The molecule has 0 saturated heterocycles. The predicted octanol–water partition coefficient (Wildman–Crippen LogP) is 5.03. The highest BCUT2D eigenvalue weighted by Gasteiger charge is 2.22. The fourth-order valence-corrected chi connectivity index (χ4v) is 5.03. The number of rotatable bonds is 7. The second-order valence-corrected chi connectivity index (χ2v) is 9.15. The first-order valence-corrected chi connectivity index (χ1v) is 11.7. The second-order valence-electron chi connectivity index (χ2n) is 6.56. The van der Waals surface area contributed by atoms with E-state index in [-0.39, 0.29) is 10.7 Å². The number of primary sulfonamides is 1. The van der Waals surface area contributed by atoms with Crippen molar-refractivity contribution in [3.63, 3.8) is 0 Å². The number of hydrogen-bond acceptors (Lipinski definition) is 5. The number of benzene rings is 2. The van der Waals surface area contributed by atoms with E-state index < -0.39 is 10.0 Å². The van der Waals surface area contributed by atoms with Gasteiger partial charge in [0, 0.05) is 16.9 Å². The van der Waals surface area contributed by atoms with E-state index >= 15 is 0 Å². The Morgan fingerprint density at radius 3 is 2.10 bits per heavy atom. The summed E-state index contributed by atoms with van der Waals surface area (Å²) in [5.41, 5.74) is 3.62. The molecule has 0 bridgehead atoms. The van der Waals surface area contributed by atoms with Gasteiger partial charge in [0.25, 0.3) is 0 Å². The fraction of sp³-hybridized carbons (Fsp3) is 0.227. The maximum Gasteiger partial charge on any atom is 0.238 e. The van der Waals surface area contributed by atoms with Crippen LogP contribution < -0.4 is 9.88 Å². The molecule has 0 radical (unpaired) electrons. The summed E-state index contributed by atoms with van der Waals surface area (Å²) >= 11 is 1.46. The van der Waals surface area contributed by atoms with E-state index in [0.717, 1.165) is 32.9 Å². The standard InChI is InChI=1S/C22H23NO4S2/c1-4-19(24)22-20(15-8-12-18(13-9-15)29(23,25)26)14(3)21(28-22)16-6-10-17(11-7-16)27-5-2/h6-13H,4-5H2,1-3H3,(H2,23,25,26). The van der Waals surface area contributed by atoms with Crippen LogP contribution in [-0.2, 0) is 10.0 Å². The van der Waals surface area contributed by atoms with Crippen molar-refractivity contribution in [3.05, 3.63) is 59.0 Å². The average molecular weight is 430 g/mol. The number of carbonyl (C=O) groups is 1. The Kier molecular flexibility index (Phi) is 6.21. The van der Waals surface area contributed by atoms with Gasteiger partial charge in [0.1, 0.15) is 5.75 Å². The number of hydrogen-bond donors (Lipinski definition) is 1. The summed E-state index contributed by atoms with van der Waals surface area (Å²) in [5.74, 6) is 0.856. The van der Waals surface area contributed by atoms with Crippen LogP contribution in [0.5, 0.6) is 5.75 Å². The largest absolute Gasteiger partial charge is 0.494 e. The van der Waals surface area contributed by atoms with Crippen molar-refractivity contribution in [2.75, 3.05) is 6.61 Å². The lowest BCUT2D eigenvalue weighted by molar-refractivity contribution is 0.0992. The van der Waals surface area contributed by atoms with Crippen LogP contribution in [0.4, 0.5) is 0 Å². The van der Waals surface area contributed by atoms with Crippen LogP contribution in [0.25, 0.3) is 21.6 Å². The minimum atomic E-state index is -3.77. The Balaban J connectivity index is 2.12. The monoisotopic (exact) mass is 429 g/mol. The first-order chi connectivity index (χ1) is 13.8. The molecule has 152 valence electrons. The van der Waals surface area contributed by atoms with Crippen LogP contribution in [0.3, 0.4) is 0 Å². The summed E-state index contributed by atoms with van der Waals surface area (Å²) in [4.78, 5) is 14.4. The lowest BCUT2D eigenvalue weighted by atomic mass is 9.97. The SMILES string of the molecule is CCOc1ccc(-c2sc(C(=O)CC)c(-c3ccc(S(N)(=O)=O)cc3)c2C)cc1. The zero-order chi connectivity index (χ0) is 21.2. The number of thiophene rings is 1. The minimum Gasteiger partial charge on any atom is -0.494 e. The molecule has 0 saturated carbocycles. The van der Waals surface area contributed by atoms with Gasteiger partial charge in [-0.2, -0.15) is 0 Å². The molecule has 29 heavy (non-hydrogen) atoms. The molecule has 2 N–H and O–H groups in total. The normalized spacial score (nSPS) is 11.4. The number of ether oxygens (including phenoxy) is 1. The van der Waals surface area contributed by atoms with E-state index in [0.29, 0.717) is 17.9 Å². The minimum absolute atomic E-state index is 0.0456. The Morgan fingerprint density at radius 2 is 1.59 bits per heavy atom. The van der Waals surface area contributed by atoms with E-state index in [4.69, 9.17) is 9.88 Å². The van der Waals surface area contributed by atoms with Crippen molar-refractivity contribution >= 4 is 27.1 Å². The van der Waals surface area contributed by atoms with Gasteiger partial charge in [0.2, 0.25) is 10.0 Å². The molecule has 0 unspecified atom stereocenters. The molecule has 0 aliphatic rings. The lowest BCUT2D eigenvalue weighted by Crippen LogP contribution is -2.11. The first kappa shape index (κ1) is 21.2. The molecule has 7 heteroatoms. The third-order valence-electron chi connectivity index (χ3n) is 4.62. The molecule has 1 heterocycles. The van der Waals surface area contributed by atoms with Crippen LogP contribution in [0.15, 0.2) is 53.4 Å². The molecule has 3 rings (SSSR count). The third-order valence-corrected chi connectivity index (χ3v) is 6.93. The Hall–Kier alpha value is -2.48. The number of nitrogens with two attached hydrogens (primary N) is 1. The number of sulfonamides is 1. The average Bonchev–Trinajstić information content (AvgIpc) is 3.05. The van der Waals surface area contributed by atoms with Gasteiger partial charge in [-0.15, -0.1) is 11.3 Å². The predicted molar refractivity (Wildman–Crippen MR) is 117 cm³/mol. The van der Waals surface area contributed by atoms with E-state index in [2.05, 4.69) is 0 Å². The summed E-state index contributed by atoms with van der Waals surface area (Å²) in [6, 6.07) is 14.1. The van der Waals surface area contributed by atoms with Gasteiger partial charge >= 0.3 is 0 Å². The van der Waals surface area contributed by atoms with Crippen molar-refractivity contribution in [2.45, 2.75) is 32.1 Å². The van der Waals surface area contributed by atoms with Gasteiger partial charge in [-0.1, -0.05) is 19.1 Å². The van der Waals surface area contributed by atoms with Crippen LogP contribution in [0.2, 0.25) is 0 Å². The van der Waals surface area contributed by atoms with Gasteiger partial charge in [-0.05, 0) is 66.9 Å². The zero-order valence-electron chi connectivity index (χ0n) is 16.6. The second kappa shape index (κ2) is 8.49. The number of ketones is 1. The number of Topliss-reactive ketones (excluding diaryl/α,β-unsaturated/α-hetero) is 1. The summed E-state index contributed by atoms with van der Waals surface area (Å²) in [5, 5.41) is 5.20. The van der Waals surface area contributed by atoms with Crippen molar-refractivity contribution in [2.24, 2.45) is 5.14 Å². The van der Waals surface area contributed by atoms with Gasteiger partial charge in [-0.3, -0.25) is 4.79 Å². The molecule has 2 aromatic carbocycles. The van der Waals surface area contributed by atoms with E-state index in [1.165, 1.54) is 23.5 Å². The van der Waals surface area contributed by atoms with Crippen molar-refractivity contribution < 1.29 is 17.9 Å². The summed E-state index contributed by atoms with van der Waals surface area (Å²) in [6.07, 6.45) is 0.394. The molecule has 0 atom stereocenters. The lowest BCUT2D eigenvalue weighted by Gasteiger charge is -2.07. The van der Waals surface area contributed by atoms with Crippen LogP contribution >= 0.6 is 11.3 Å². The number of carbonyl (C=O) groups excluding carboxylic acids is 1. The molecule has 1 aromatic heterocycles. The highest BCUT2D eigenvalue weighted by molar-refractivity contribution is 7.89. The molecule has 3 aromatic rings. The summed E-state index contributed by atoms with van der Waals surface area (Å²) in [7, 11) is -3.77. The van der Waals surface area contributed by atoms with Crippen LogP contribution in [-0.4, -0.2) is 20.8 Å².